The van der Waals surface area contributed by atoms with E-state index in [0.717, 1.165) is 19.3 Å². The van der Waals surface area contributed by atoms with E-state index in [2.05, 4.69) is 34.6 Å². The van der Waals surface area contributed by atoms with E-state index in [-0.39, 0.29) is 6.04 Å². The minimum atomic E-state index is 0.0421. The fourth-order valence-corrected chi connectivity index (χ4v) is 3.22. The van der Waals surface area contributed by atoms with Crippen LogP contribution in [0.2, 0.25) is 0 Å². The highest BCUT2D eigenvalue weighted by atomic mass is 16.1. The normalized spacial score (nSPS) is 27.2. The van der Waals surface area contributed by atoms with Gasteiger partial charge >= 0.3 is 0 Å². The number of benzene rings is 1. The summed E-state index contributed by atoms with van der Waals surface area (Å²) in [6.07, 6.45) is 2.49. The van der Waals surface area contributed by atoms with Gasteiger partial charge in [-0.3, -0.25) is 10.1 Å². The van der Waals surface area contributed by atoms with Gasteiger partial charge in [0, 0.05) is 29.1 Å². The number of nitrogens with one attached hydrogen (secondary N) is 2. The molecule has 1 aromatic carbocycles. The first-order chi connectivity index (χ1) is 8.33. The highest BCUT2D eigenvalue weighted by Gasteiger charge is 2.36. The van der Waals surface area contributed by atoms with Crippen molar-refractivity contribution in [1.82, 2.24) is 10.3 Å². The molecule has 2 atom stereocenters. The fraction of sp³-hybridized carbons (Fsp3) is 0.357. The van der Waals surface area contributed by atoms with Crippen LogP contribution in [0.1, 0.15) is 30.1 Å². The molecule has 0 spiro atoms. The number of hydrogen-bond acceptors (Lipinski definition) is 2. The molecule has 2 aromatic rings. The van der Waals surface area contributed by atoms with E-state index in [1.54, 1.807) is 0 Å². The van der Waals surface area contributed by atoms with Gasteiger partial charge < -0.3 is 4.98 Å². The van der Waals surface area contributed by atoms with Crippen molar-refractivity contribution in [3.05, 3.63) is 35.5 Å². The van der Waals surface area contributed by atoms with Gasteiger partial charge in [0.15, 0.2) is 0 Å². The van der Waals surface area contributed by atoms with E-state index in [0.29, 0.717) is 11.8 Å². The van der Waals surface area contributed by atoms with Crippen molar-refractivity contribution in [2.45, 2.75) is 31.3 Å². The Bertz CT molecular complexity index is 614. The standard InChI is InChI=1S/C14H14N2O/c17-13-6-5-11-14-9(7-12(13)15-11)8-3-1-2-4-10(8)16-14/h1-4,11-12,15-16H,5-7H2/t11-,12-/m0/s1. The van der Waals surface area contributed by atoms with Crippen molar-refractivity contribution >= 4 is 16.7 Å². The summed E-state index contributed by atoms with van der Waals surface area (Å²) in [5.74, 6) is 0.372. The lowest BCUT2D eigenvalue weighted by atomic mass is 9.84. The number of carbonyl (C=O) groups is 1. The van der Waals surface area contributed by atoms with Crippen LogP contribution in [-0.4, -0.2) is 16.8 Å². The fourth-order valence-electron chi connectivity index (χ4n) is 3.22. The van der Waals surface area contributed by atoms with Gasteiger partial charge in [0.25, 0.3) is 0 Å². The Labute approximate surface area is 99.2 Å². The second-order valence-corrected chi connectivity index (χ2v) is 5.04. The van der Waals surface area contributed by atoms with Gasteiger partial charge in [-0.2, -0.15) is 0 Å². The van der Waals surface area contributed by atoms with Crippen molar-refractivity contribution in [3.63, 3.8) is 0 Å². The summed E-state index contributed by atoms with van der Waals surface area (Å²) in [5.41, 5.74) is 3.84. The van der Waals surface area contributed by atoms with Gasteiger partial charge in [-0.25, -0.2) is 0 Å². The second-order valence-electron chi connectivity index (χ2n) is 5.04. The molecule has 3 heteroatoms. The number of fused-ring (bicyclic) bond motifs is 6. The number of H-pyrrole nitrogens is 1. The van der Waals surface area contributed by atoms with Crippen molar-refractivity contribution in [2.75, 3.05) is 0 Å². The van der Waals surface area contributed by atoms with Gasteiger partial charge in [0.1, 0.15) is 5.78 Å². The Morgan fingerprint density at radius 2 is 2.06 bits per heavy atom. The molecule has 0 amide bonds. The summed E-state index contributed by atoms with van der Waals surface area (Å²) in [7, 11) is 0. The predicted octanol–water partition coefficient (Wildman–Crippen LogP) is 2.09. The quantitative estimate of drug-likeness (QED) is 0.722. The van der Waals surface area contributed by atoms with Crippen LogP contribution in [0.5, 0.6) is 0 Å². The second kappa shape index (κ2) is 3.20. The summed E-state index contributed by atoms with van der Waals surface area (Å²) in [5, 5.41) is 4.72. The van der Waals surface area contributed by atoms with E-state index >= 15 is 0 Å². The Morgan fingerprint density at radius 3 is 3.00 bits per heavy atom. The molecule has 2 N–H and O–H groups in total. The van der Waals surface area contributed by atoms with Crippen molar-refractivity contribution < 1.29 is 4.79 Å². The average Bonchev–Trinajstić information content (AvgIpc) is 2.73. The Kier molecular flexibility index (Phi) is 1.77. The Hall–Kier alpha value is -1.61. The van der Waals surface area contributed by atoms with Gasteiger partial charge in [-0.15, -0.1) is 0 Å². The molecule has 3 heterocycles. The molecular formula is C14H14N2O. The van der Waals surface area contributed by atoms with Crippen LogP contribution < -0.4 is 5.32 Å². The number of aromatic nitrogens is 1. The molecule has 2 bridgehead atoms. The molecule has 1 fully saturated rings. The van der Waals surface area contributed by atoms with E-state index in [9.17, 15) is 4.79 Å². The van der Waals surface area contributed by atoms with Crippen LogP contribution >= 0.6 is 0 Å². The molecule has 2 aliphatic heterocycles. The molecule has 17 heavy (non-hydrogen) atoms. The first kappa shape index (κ1) is 9.42. The van der Waals surface area contributed by atoms with Gasteiger partial charge in [0.05, 0.1) is 6.04 Å². The zero-order valence-electron chi connectivity index (χ0n) is 9.49. The molecule has 86 valence electrons. The van der Waals surface area contributed by atoms with Crippen molar-refractivity contribution in [1.29, 1.82) is 0 Å². The zero-order valence-corrected chi connectivity index (χ0v) is 9.49. The maximum absolute atomic E-state index is 11.8. The highest BCUT2D eigenvalue weighted by Crippen LogP contribution is 2.36. The predicted molar refractivity (Wildman–Crippen MR) is 65.9 cm³/mol. The van der Waals surface area contributed by atoms with Crippen LogP contribution in [-0.2, 0) is 11.2 Å². The molecule has 1 saturated heterocycles. The SMILES string of the molecule is O=C1CC[C@@H]2N[C@H]1Cc1c2[nH]c2ccccc12. The summed E-state index contributed by atoms with van der Waals surface area (Å²) in [6.45, 7) is 0. The third-order valence-electron chi connectivity index (χ3n) is 4.07. The third-order valence-corrected chi connectivity index (χ3v) is 4.07. The highest BCUT2D eigenvalue weighted by molar-refractivity contribution is 5.90. The molecule has 0 radical (unpaired) electrons. The van der Waals surface area contributed by atoms with Crippen LogP contribution in [0, 0.1) is 0 Å². The van der Waals surface area contributed by atoms with Crippen LogP contribution in [0.4, 0.5) is 0 Å². The minimum Gasteiger partial charge on any atom is -0.357 e. The lowest BCUT2D eigenvalue weighted by molar-refractivity contribution is -0.123. The first-order valence-electron chi connectivity index (χ1n) is 6.21. The number of piperidine rings is 1. The minimum absolute atomic E-state index is 0.0421. The number of rotatable bonds is 0. The summed E-state index contributed by atoms with van der Waals surface area (Å²) >= 11 is 0. The third kappa shape index (κ3) is 1.23. The topological polar surface area (TPSA) is 44.9 Å². The Balaban J connectivity index is 1.95. The molecule has 1 aromatic heterocycles. The maximum Gasteiger partial charge on any atom is 0.150 e. The number of hydrogen-bond donors (Lipinski definition) is 2. The number of Topliss-reactive ketones (excluding diaryl/α,β-unsaturated/α-hetero) is 1. The van der Waals surface area contributed by atoms with E-state index < -0.39 is 0 Å². The molecule has 0 saturated carbocycles. The number of para-hydroxylation sites is 1. The van der Waals surface area contributed by atoms with Crippen LogP contribution in [0.3, 0.4) is 0 Å². The molecule has 4 rings (SSSR count). The average molecular weight is 226 g/mol. The largest absolute Gasteiger partial charge is 0.357 e. The summed E-state index contributed by atoms with van der Waals surface area (Å²) < 4.78 is 0. The summed E-state index contributed by atoms with van der Waals surface area (Å²) in [6, 6.07) is 8.76. The molecular weight excluding hydrogens is 212 g/mol. The van der Waals surface area contributed by atoms with Gasteiger partial charge in [-0.1, -0.05) is 18.2 Å². The number of ketones is 1. The van der Waals surface area contributed by atoms with Gasteiger partial charge in [-0.05, 0) is 24.5 Å². The molecule has 0 aliphatic carbocycles. The lowest BCUT2D eigenvalue weighted by Crippen LogP contribution is -2.48. The first-order valence-corrected chi connectivity index (χ1v) is 6.21. The summed E-state index contributed by atoms with van der Waals surface area (Å²) in [4.78, 5) is 15.3. The van der Waals surface area contributed by atoms with Crippen molar-refractivity contribution in [3.8, 4) is 0 Å². The maximum atomic E-state index is 11.8. The van der Waals surface area contributed by atoms with Crippen molar-refractivity contribution in [2.24, 2.45) is 0 Å². The molecule has 2 aliphatic rings. The molecule has 3 nitrogen and oxygen atoms in total. The Morgan fingerprint density at radius 1 is 1.18 bits per heavy atom. The number of aromatic amines is 1. The molecule has 0 unspecified atom stereocenters. The monoisotopic (exact) mass is 226 g/mol. The lowest BCUT2D eigenvalue weighted by Gasteiger charge is -2.34. The zero-order chi connectivity index (χ0) is 11.4. The van der Waals surface area contributed by atoms with Gasteiger partial charge in [0.2, 0.25) is 0 Å². The smallest absolute Gasteiger partial charge is 0.150 e. The van der Waals surface area contributed by atoms with Crippen LogP contribution in [0.15, 0.2) is 24.3 Å². The van der Waals surface area contributed by atoms with E-state index in [4.69, 9.17) is 0 Å². The number of carbonyl (C=O) groups excluding carboxylic acids is 1. The van der Waals surface area contributed by atoms with E-state index in [1.807, 2.05) is 0 Å². The van der Waals surface area contributed by atoms with Crippen LogP contribution in [0.25, 0.3) is 10.9 Å². The van der Waals surface area contributed by atoms with E-state index in [1.165, 1.54) is 22.2 Å².